The molecule has 1 aromatic carbocycles. The van der Waals surface area contributed by atoms with Crippen LogP contribution in [0.25, 0.3) is 0 Å². The predicted molar refractivity (Wildman–Crippen MR) is 84.5 cm³/mol. The van der Waals surface area contributed by atoms with E-state index in [1.165, 1.54) is 17.3 Å². The van der Waals surface area contributed by atoms with E-state index in [0.717, 1.165) is 18.6 Å². The van der Waals surface area contributed by atoms with Gasteiger partial charge >= 0.3 is 0 Å². The van der Waals surface area contributed by atoms with Gasteiger partial charge in [0, 0.05) is 17.8 Å². The van der Waals surface area contributed by atoms with Crippen LogP contribution in [-0.4, -0.2) is 22.2 Å². The first-order valence-corrected chi connectivity index (χ1v) is 8.07. The molecule has 19 heavy (non-hydrogen) atoms. The standard InChI is InChI=1S/C16H25NOS/c1-5-13(3)17(14(4)6-2)16(18)19-12-15-10-8-7-9-11-15/h7-11,13-14H,5-6,12H2,1-4H3. The fraction of sp³-hybridized carbons (Fsp3) is 0.562. The van der Waals surface area contributed by atoms with Gasteiger partial charge in [0.1, 0.15) is 0 Å². The van der Waals surface area contributed by atoms with Crippen LogP contribution >= 0.6 is 11.8 Å². The molecule has 106 valence electrons. The number of rotatable bonds is 6. The number of nitrogens with zero attached hydrogens (tertiary/aromatic N) is 1. The second-order valence-corrected chi connectivity index (χ2v) is 5.89. The van der Waals surface area contributed by atoms with Gasteiger partial charge in [-0.15, -0.1) is 0 Å². The number of hydrogen-bond donors (Lipinski definition) is 0. The Kier molecular flexibility index (Phi) is 7.00. The number of hydrogen-bond acceptors (Lipinski definition) is 2. The topological polar surface area (TPSA) is 20.3 Å². The molecule has 0 aliphatic heterocycles. The van der Waals surface area contributed by atoms with Crippen LogP contribution in [0.3, 0.4) is 0 Å². The second kappa shape index (κ2) is 8.26. The zero-order valence-electron chi connectivity index (χ0n) is 12.4. The Labute approximate surface area is 121 Å². The van der Waals surface area contributed by atoms with Crippen LogP contribution in [0.1, 0.15) is 46.1 Å². The molecular weight excluding hydrogens is 254 g/mol. The van der Waals surface area contributed by atoms with Gasteiger partial charge in [0.15, 0.2) is 0 Å². The van der Waals surface area contributed by atoms with Crippen molar-refractivity contribution in [1.29, 1.82) is 0 Å². The zero-order valence-corrected chi connectivity index (χ0v) is 13.2. The van der Waals surface area contributed by atoms with Crippen molar-refractivity contribution in [1.82, 2.24) is 4.90 Å². The maximum absolute atomic E-state index is 12.4. The normalized spacial score (nSPS) is 13.9. The first-order chi connectivity index (χ1) is 9.10. The molecule has 0 bridgehead atoms. The van der Waals surface area contributed by atoms with Crippen molar-refractivity contribution in [3.05, 3.63) is 35.9 Å². The summed E-state index contributed by atoms with van der Waals surface area (Å²) in [5, 5.41) is 0.201. The van der Waals surface area contributed by atoms with Crippen LogP contribution in [0.15, 0.2) is 30.3 Å². The van der Waals surface area contributed by atoms with Gasteiger partial charge in [-0.2, -0.15) is 0 Å². The van der Waals surface area contributed by atoms with Gasteiger partial charge in [-0.25, -0.2) is 0 Å². The smallest absolute Gasteiger partial charge is 0.282 e. The minimum Gasteiger partial charge on any atom is -0.328 e. The molecule has 0 saturated carbocycles. The Morgan fingerprint density at radius 2 is 1.63 bits per heavy atom. The largest absolute Gasteiger partial charge is 0.328 e. The molecule has 0 aromatic heterocycles. The summed E-state index contributed by atoms with van der Waals surface area (Å²) in [5.74, 6) is 0.753. The van der Waals surface area contributed by atoms with E-state index < -0.39 is 0 Å². The summed E-state index contributed by atoms with van der Waals surface area (Å²) < 4.78 is 0. The molecule has 0 N–H and O–H groups in total. The van der Waals surface area contributed by atoms with Crippen LogP contribution in [-0.2, 0) is 5.75 Å². The average molecular weight is 279 g/mol. The summed E-state index contributed by atoms with van der Waals surface area (Å²) in [4.78, 5) is 14.4. The summed E-state index contributed by atoms with van der Waals surface area (Å²) in [6, 6.07) is 10.8. The fourth-order valence-electron chi connectivity index (χ4n) is 1.98. The summed E-state index contributed by atoms with van der Waals surface area (Å²) in [6.45, 7) is 8.53. The molecule has 0 radical (unpaired) electrons. The molecule has 0 aliphatic carbocycles. The molecule has 1 rings (SSSR count). The van der Waals surface area contributed by atoms with E-state index in [-0.39, 0.29) is 5.24 Å². The molecule has 1 amide bonds. The van der Waals surface area contributed by atoms with Gasteiger partial charge in [0.05, 0.1) is 0 Å². The van der Waals surface area contributed by atoms with Crippen LogP contribution in [0.5, 0.6) is 0 Å². The lowest BCUT2D eigenvalue weighted by Gasteiger charge is -2.33. The van der Waals surface area contributed by atoms with Crippen LogP contribution < -0.4 is 0 Å². The van der Waals surface area contributed by atoms with E-state index in [4.69, 9.17) is 0 Å². The van der Waals surface area contributed by atoms with E-state index in [1.54, 1.807) is 0 Å². The van der Waals surface area contributed by atoms with Crippen molar-refractivity contribution < 1.29 is 4.79 Å². The molecule has 2 nitrogen and oxygen atoms in total. The molecule has 2 unspecified atom stereocenters. The van der Waals surface area contributed by atoms with Crippen molar-refractivity contribution in [3.63, 3.8) is 0 Å². The van der Waals surface area contributed by atoms with E-state index in [9.17, 15) is 4.79 Å². The molecule has 3 heteroatoms. The predicted octanol–water partition coefficient (Wildman–Crippen LogP) is 4.94. The third-order valence-corrected chi connectivity index (χ3v) is 4.48. The highest BCUT2D eigenvalue weighted by Crippen LogP contribution is 2.22. The highest BCUT2D eigenvalue weighted by molar-refractivity contribution is 8.12. The van der Waals surface area contributed by atoms with Crippen molar-refractivity contribution in [2.24, 2.45) is 0 Å². The number of amides is 1. The van der Waals surface area contributed by atoms with Gasteiger partial charge < -0.3 is 4.90 Å². The Morgan fingerprint density at radius 1 is 1.11 bits per heavy atom. The Bertz CT molecular complexity index is 370. The van der Waals surface area contributed by atoms with Gasteiger partial charge in [-0.05, 0) is 32.3 Å². The van der Waals surface area contributed by atoms with Gasteiger partial charge in [-0.3, -0.25) is 4.79 Å². The Hall–Kier alpha value is -0.960. The van der Waals surface area contributed by atoms with Crippen molar-refractivity contribution in [3.8, 4) is 0 Å². The van der Waals surface area contributed by atoms with Crippen molar-refractivity contribution >= 4 is 17.0 Å². The maximum Gasteiger partial charge on any atom is 0.282 e. The lowest BCUT2D eigenvalue weighted by Crippen LogP contribution is -2.42. The molecule has 0 aliphatic rings. The van der Waals surface area contributed by atoms with E-state index in [0.29, 0.717) is 12.1 Å². The zero-order chi connectivity index (χ0) is 14.3. The van der Waals surface area contributed by atoms with E-state index in [2.05, 4.69) is 39.8 Å². The Morgan fingerprint density at radius 3 is 2.11 bits per heavy atom. The van der Waals surface area contributed by atoms with Crippen LogP contribution in [0.2, 0.25) is 0 Å². The van der Waals surface area contributed by atoms with Gasteiger partial charge in [0.25, 0.3) is 5.24 Å². The second-order valence-electron chi connectivity index (χ2n) is 4.96. The summed E-state index contributed by atoms with van der Waals surface area (Å²) in [5.41, 5.74) is 1.20. The van der Waals surface area contributed by atoms with Crippen LogP contribution in [0, 0.1) is 0 Å². The highest BCUT2D eigenvalue weighted by atomic mass is 32.2. The Balaban J connectivity index is 2.62. The number of thioether (sulfide) groups is 1. The summed E-state index contributed by atoms with van der Waals surface area (Å²) >= 11 is 1.41. The minimum atomic E-state index is 0.201. The number of carbonyl (C=O) groups is 1. The number of benzene rings is 1. The molecule has 0 saturated heterocycles. The molecular formula is C16H25NOS. The first-order valence-electron chi connectivity index (χ1n) is 7.09. The van der Waals surface area contributed by atoms with E-state index in [1.807, 2.05) is 23.1 Å². The van der Waals surface area contributed by atoms with Gasteiger partial charge in [0.2, 0.25) is 0 Å². The quantitative estimate of drug-likeness (QED) is 0.735. The lowest BCUT2D eigenvalue weighted by molar-refractivity contribution is 0.173. The fourth-order valence-corrected chi connectivity index (χ4v) is 2.97. The molecule has 2 atom stereocenters. The molecule has 1 aromatic rings. The molecule has 0 fully saturated rings. The average Bonchev–Trinajstić information content (AvgIpc) is 2.45. The molecule has 0 spiro atoms. The lowest BCUT2D eigenvalue weighted by atomic mass is 10.1. The monoisotopic (exact) mass is 279 g/mol. The first kappa shape index (κ1) is 16.1. The summed E-state index contributed by atoms with van der Waals surface area (Å²) in [7, 11) is 0. The van der Waals surface area contributed by atoms with Crippen molar-refractivity contribution in [2.45, 2.75) is 58.4 Å². The highest BCUT2D eigenvalue weighted by Gasteiger charge is 2.23. The van der Waals surface area contributed by atoms with E-state index >= 15 is 0 Å². The molecule has 0 heterocycles. The SMILES string of the molecule is CCC(C)N(C(=O)SCc1ccccc1)C(C)CC. The third-order valence-electron chi connectivity index (χ3n) is 3.55. The summed E-state index contributed by atoms with van der Waals surface area (Å²) in [6.07, 6.45) is 2.00. The number of carbonyl (C=O) groups excluding carboxylic acids is 1. The van der Waals surface area contributed by atoms with Gasteiger partial charge in [-0.1, -0.05) is 55.9 Å². The third kappa shape index (κ3) is 4.90. The van der Waals surface area contributed by atoms with Crippen molar-refractivity contribution in [2.75, 3.05) is 0 Å². The van der Waals surface area contributed by atoms with Crippen LogP contribution in [0.4, 0.5) is 4.79 Å². The maximum atomic E-state index is 12.4. The minimum absolute atomic E-state index is 0.201.